The maximum Gasteiger partial charge on any atom is 0.494 e. The fraction of sp³-hybridized carbons (Fsp3) is 0.0714. The highest BCUT2D eigenvalue weighted by Gasteiger charge is 2.52. The summed E-state index contributed by atoms with van der Waals surface area (Å²) in [5, 5.41) is 7.19. The van der Waals surface area contributed by atoms with Crippen LogP contribution in [0.25, 0.3) is 79.5 Å². The van der Waals surface area contributed by atoms with E-state index in [9.17, 15) is 4.57 Å². The summed E-state index contributed by atoms with van der Waals surface area (Å²) in [6.45, 7) is 8.15. The number of halogens is 5. The van der Waals surface area contributed by atoms with Crippen LogP contribution in [0, 0.1) is 0 Å². The van der Waals surface area contributed by atoms with E-state index in [0.29, 0.717) is 55.0 Å². The van der Waals surface area contributed by atoms with Gasteiger partial charge in [-0.15, -0.1) is 0 Å². The Hall–Kier alpha value is -9.26. The lowest BCUT2D eigenvalue weighted by atomic mass is 9.79. The van der Waals surface area contributed by atoms with E-state index in [4.69, 9.17) is 70.7 Å². The Morgan fingerprint density at radius 2 is 0.539 bits per heavy atom. The van der Waals surface area contributed by atoms with Crippen LogP contribution in [0.4, 0.5) is 0 Å². The van der Waals surface area contributed by atoms with E-state index < -0.39 is 32.6 Å². The molecule has 0 N–H and O–H groups in total. The fourth-order valence-electron chi connectivity index (χ4n) is 11.7. The fourth-order valence-corrected chi connectivity index (χ4v) is 18.2. The number of hydrogen-bond acceptors (Lipinski definition) is 10. The molecule has 14 aromatic rings. The van der Waals surface area contributed by atoms with Gasteiger partial charge in [0.2, 0.25) is 0 Å². The average molecular weight is 1520 g/mol. The third-order valence-corrected chi connectivity index (χ3v) is 25.1. The first kappa shape index (κ1) is 71.2. The zero-order valence-electron chi connectivity index (χ0n) is 55.7. The molecule has 0 saturated carbocycles. The van der Waals surface area contributed by atoms with Crippen LogP contribution in [0.15, 0.2) is 320 Å². The Morgan fingerprint density at radius 3 is 0.873 bits per heavy atom. The predicted octanol–water partition coefficient (Wildman–Crippen LogP) is 20.1. The number of rotatable bonds is 14. The smallest absolute Gasteiger partial charge is 0.399 e. The van der Waals surface area contributed by atoms with Gasteiger partial charge in [-0.3, -0.25) is 0 Å². The summed E-state index contributed by atoms with van der Waals surface area (Å²) in [4.78, 5) is 28.5. The highest BCUT2D eigenvalue weighted by atomic mass is 79.9. The summed E-state index contributed by atoms with van der Waals surface area (Å²) in [5.41, 5.74) is 6.83. The SMILES string of the molecule is CC1(C)OB(c2cccc(P(=O)(c3ccccc3)c3ccccc3)c2)OC1(C)C.Clc1cccc(-c2nc(-c3cccc(Cl)c3)nc(-c3cccc(Br)c3)n2)c1.O=P(c1ccccc1)(c1ccccc1)c1cccc(-c2cccc(-c3nc(-c4cccc(Cl)c4)nc(-c4cccc(Cl)c4)n3)c2)c1. The minimum atomic E-state index is -3.14. The number of hydrogen-bond donors (Lipinski definition) is 0. The minimum Gasteiger partial charge on any atom is -0.399 e. The van der Waals surface area contributed by atoms with E-state index in [1.165, 1.54) is 0 Å². The topological polar surface area (TPSA) is 130 Å². The summed E-state index contributed by atoms with van der Waals surface area (Å²) < 4.78 is 43.0. The van der Waals surface area contributed by atoms with E-state index in [1.54, 1.807) is 0 Å². The van der Waals surface area contributed by atoms with Crippen LogP contribution in [0.5, 0.6) is 0 Å². The maximum absolute atomic E-state index is 15.0. The molecule has 1 aliphatic heterocycles. The van der Waals surface area contributed by atoms with Crippen molar-refractivity contribution in [2.75, 3.05) is 0 Å². The highest BCUT2D eigenvalue weighted by molar-refractivity contribution is 9.10. The van der Waals surface area contributed by atoms with E-state index in [2.05, 4.69) is 30.9 Å². The molecule has 0 amide bonds. The molecular formula is C84H64BBrCl4N6O4P2. The van der Waals surface area contributed by atoms with Crippen molar-refractivity contribution in [2.45, 2.75) is 38.9 Å². The highest BCUT2D eigenvalue weighted by Crippen LogP contribution is 2.45. The largest absolute Gasteiger partial charge is 0.494 e. The molecule has 12 aromatic carbocycles. The summed E-state index contributed by atoms with van der Waals surface area (Å²) in [6, 6.07) is 100. The quantitative estimate of drug-likeness (QED) is 0.0766. The van der Waals surface area contributed by atoms with Crippen molar-refractivity contribution in [3.8, 4) is 79.5 Å². The molecule has 0 bridgehead atoms. The molecule has 0 aliphatic carbocycles. The molecule has 2 aromatic heterocycles. The molecule has 1 aliphatic rings. The van der Waals surface area contributed by atoms with Gasteiger partial charge in [0, 0.05) is 89.8 Å². The van der Waals surface area contributed by atoms with Crippen molar-refractivity contribution in [1.29, 1.82) is 0 Å². The van der Waals surface area contributed by atoms with Crippen LogP contribution < -0.4 is 37.3 Å². The number of nitrogens with zero attached hydrogens (tertiary/aromatic N) is 6. The molecule has 102 heavy (non-hydrogen) atoms. The van der Waals surface area contributed by atoms with Gasteiger partial charge < -0.3 is 18.4 Å². The first-order valence-corrected chi connectivity index (χ1v) is 38.4. The van der Waals surface area contributed by atoms with Gasteiger partial charge in [-0.1, -0.05) is 305 Å². The molecule has 1 fully saturated rings. The van der Waals surface area contributed by atoms with Crippen molar-refractivity contribution in [2.24, 2.45) is 0 Å². The lowest BCUT2D eigenvalue weighted by molar-refractivity contribution is 0.00578. The Kier molecular flexibility index (Phi) is 21.7. The molecule has 0 radical (unpaired) electrons. The number of benzene rings is 12. The molecule has 0 unspecified atom stereocenters. The second-order valence-electron chi connectivity index (χ2n) is 25.0. The Morgan fingerprint density at radius 1 is 0.284 bits per heavy atom. The van der Waals surface area contributed by atoms with Gasteiger partial charge in [-0.25, -0.2) is 29.9 Å². The van der Waals surface area contributed by atoms with Crippen molar-refractivity contribution in [3.63, 3.8) is 0 Å². The van der Waals surface area contributed by atoms with Gasteiger partial charge in [0.05, 0.1) is 11.2 Å². The monoisotopic (exact) mass is 1510 g/mol. The molecule has 1 saturated heterocycles. The van der Waals surface area contributed by atoms with Gasteiger partial charge >= 0.3 is 7.12 Å². The van der Waals surface area contributed by atoms with Crippen LogP contribution in [-0.4, -0.2) is 48.2 Å². The van der Waals surface area contributed by atoms with Gasteiger partial charge in [0.25, 0.3) is 0 Å². The molecular weight excluding hydrogens is 1450 g/mol. The van der Waals surface area contributed by atoms with Gasteiger partial charge in [-0.05, 0) is 117 Å². The summed E-state index contributed by atoms with van der Waals surface area (Å²) >= 11 is 28.5. The molecule has 15 rings (SSSR count). The molecule has 10 nitrogen and oxygen atoms in total. The zero-order valence-corrected chi connectivity index (χ0v) is 62.1. The van der Waals surface area contributed by atoms with Crippen LogP contribution >= 0.6 is 76.6 Å². The van der Waals surface area contributed by atoms with Gasteiger partial charge in [0.15, 0.2) is 49.2 Å². The summed E-state index contributed by atoms with van der Waals surface area (Å²) in [6.07, 6.45) is 0. The van der Waals surface area contributed by atoms with Crippen molar-refractivity contribution in [1.82, 2.24) is 29.9 Å². The first-order chi connectivity index (χ1) is 49.3. The van der Waals surface area contributed by atoms with Crippen molar-refractivity contribution >= 4 is 121 Å². The van der Waals surface area contributed by atoms with Crippen LogP contribution in [0.2, 0.25) is 20.1 Å². The molecule has 18 heteroatoms. The zero-order chi connectivity index (χ0) is 71.0. The van der Waals surface area contributed by atoms with Crippen LogP contribution in [0.3, 0.4) is 0 Å². The van der Waals surface area contributed by atoms with Crippen molar-refractivity contribution in [3.05, 3.63) is 340 Å². The van der Waals surface area contributed by atoms with E-state index in [1.807, 2.05) is 343 Å². The molecule has 3 heterocycles. The Bertz CT molecular complexity index is 5120. The van der Waals surface area contributed by atoms with Crippen molar-refractivity contribution < 1.29 is 18.4 Å². The summed E-state index contributed by atoms with van der Waals surface area (Å²) in [5.74, 6) is 3.20. The van der Waals surface area contributed by atoms with Crippen LogP contribution in [0.1, 0.15) is 27.7 Å². The normalized spacial score (nSPS) is 13.1. The third kappa shape index (κ3) is 16.0. The Labute approximate surface area is 622 Å². The molecule has 0 atom stereocenters. The molecule has 0 spiro atoms. The summed E-state index contributed by atoms with van der Waals surface area (Å²) in [7, 11) is -6.64. The van der Waals surface area contributed by atoms with Crippen LogP contribution in [-0.2, 0) is 18.4 Å². The Balaban J connectivity index is 0.000000144. The second-order valence-corrected chi connectivity index (χ2v) is 33.2. The van der Waals surface area contributed by atoms with E-state index in [-0.39, 0.29) is 0 Å². The van der Waals surface area contributed by atoms with E-state index in [0.717, 1.165) is 86.3 Å². The average Bonchev–Trinajstić information content (AvgIpc) is 1.08. The van der Waals surface area contributed by atoms with Gasteiger partial charge in [-0.2, -0.15) is 0 Å². The predicted molar refractivity (Wildman–Crippen MR) is 426 cm³/mol. The van der Waals surface area contributed by atoms with Gasteiger partial charge in [0.1, 0.15) is 0 Å². The first-order valence-electron chi connectivity index (χ1n) is 32.7. The lowest BCUT2D eigenvalue weighted by Gasteiger charge is -2.32. The maximum atomic E-state index is 15.0. The lowest BCUT2D eigenvalue weighted by Crippen LogP contribution is -2.41. The number of aromatic nitrogens is 6. The second kappa shape index (κ2) is 31.1. The standard InChI is InChI=1S/C39H26Cl2N3OP.C24H26BO3P.C21H12BrCl2N3/c40-32-16-8-14-30(24-32)38-42-37(43-39(44-38)31-15-9-17-33(41)25-31)29-13-7-11-27(23-29)28-12-10-22-36(26-28)46(45,34-18-3-1-4-19-34)35-20-5-2-6-21-35;1-23(2)24(3,4)28-25(27-23)19-12-11-17-22(18-19)29(26,20-13-7-5-8-14-20)21-15-9-6-10-16-21;22-16-7-1-4-13(10-16)19-25-20(14-5-2-8-17(23)11-14)27-21(26-19)15-6-3-9-18(24)12-15/h1-26H;5-18H,1-4H3;1-12H. The molecule has 502 valence electrons. The minimum absolute atomic E-state index is 0.420. The van der Waals surface area contributed by atoms with E-state index >= 15 is 4.57 Å². The third-order valence-electron chi connectivity index (χ3n) is 17.6.